The molecule has 0 bridgehead atoms. The molecule has 1 amide bonds. The van der Waals surface area contributed by atoms with Gasteiger partial charge in [-0.1, -0.05) is 0 Å². The van der Waals surface area contributed by atoms with E-state index in [4.69, 9.17) is 11.6 Å². The smallest absolute Gasteiger partial charge is 0.237 e. The second kappa shape index (κ2) is 4.65. The number of hydrogen-bond donors (Lipinski definition) is 0. The zero-order chi connectivity index (χ0) is 8.97. The molecule has 1 aliphatic rings. The third-order valence-corrected chi connectivity index (χ3v) is 2.43. The van der Waals surface area contributed by atoms with Crippen molar-refractivity contribution in [2.75, 3.05) is 25.6 Å². The Hall–Kier alpha value is -0.310. The zero-order valence-electron chi connectivity index (χ0n) is 6.93. The fourth-order valence-corrected chi connectivity index (χ4v) is 1.67. The number of nitrogens with zero attached hydrogens (tertiary/aromatic N) is 1. The van der Waals surface area contributed by atoms with E-state index in [1.54, 1.807) is 4.90 Å². The Balaban J connectivity index is 2.40. The lowest BCUT2D eigenvalue weighted by Gasteiger charge is -2.30. The SMILES string of the molecule is O=C(CCl)N1CCC[C@H](CF)C1. The lowest BCUT2D eigenvalue weighted by atomic mass is 10.00. The maximum absolute atomic E-state index is 12.2. The van der Waals surface area contributed by atoms with Gasteiger partial charge in [0.25, 0.3) is 0 Å². The van der Waals surface area contributed by atoms with Crippen molar-refractivity contribution in [3.63, 3.8) is 0 Å². The van der Waals surface area contributed by atoms with Crippen LogP contribution in [0.25, 0.3) is 0 Å². The maximum atomic E-state index is 12.2. The molecule has 1 atom stereocenters. The lowest BCUT2D eigenvalue weighted by molar-refractivity contribution is -0.130. The summed E-state index contributed by atoms with van der Waals surface area (Å²) in [5, 5.41) is 0. The van der Waals surface area contributed by atoms with Crippen LogP contribution < -0.4 is 0 Å². The normalized spacial score (nSPS) is 24.2. The molecule has 1 saturated heterocycles. The van der Waals surface area contributed by atoms with Gasteiger partial charge in [-0.2, -0.15) is 0 Å². The predicted octanol–water partition coefficient (Wildman–Crippen LogP) is 1.43. The van der Waals surface area contributed by atoms with Crippen molar-refractivity contribution in [1.82, 2.24) is 4.90 Å². The zero-order valence-corrected chi connectivity index (χ0v) is 7.69. The second-order valence-corrected chi connectivity index (χ2v) is 3.40. The monoisotopic (exact) mass is 193 g/mol. The Kier molecular flexibility index (Phi) is 3.79. The van der Waals surface area contributed by atoms with Crippen LogP contribution in [0.5, 0.6) is 0 Å². The van der Waals surface area contributed by atoms with E-state index >= 15 is 0 Å². The van der Waals surface area contributed by atoms with Crippen molar-refractivity contribution in [2.24, 2.45) is 5.92 Å². The van der Waals surface area contributed by atoms with Gasteiger partial charge in [-0.15, -0.1) is 11.6 Å². The van der Waals surface area contributed by atoms with Gasteiger partial charge in [-0.25, -0.2) is 0 Å². The van der Waals surface area contributed by atoms with Gasteiger partial charge in [0.1, 0.15) is 5.88 Å². The third-order valence-electron chi connectivity index (χ3n) is 2.20. The Morgan fingerprint density at radius 1 is 1.67 bits per heavy atom. The first-order valence-electron chi connectivity index (χ1n) is 4.17. The van der Waals surface area contributed by atoms with E-state index in [0.717, 1.165) is 19.4 Å². The Morgan fingerprint density at radius 2 is 2.42 bits per heavy atom. The molecule has 4 heteroatoms. The van der Waals surface area contributed by atoms with Gasteiger partial charge < -0.3 is 4.90 Å². The summed E-state index contributed by atoms with van der Waals surface area (Å²) in [7, 11) is 0. The molecule has 0 spiro atoms. The summed E-state index contributed by atoms with van der Waals surface area (Å²) in [4.78, 5) is 12.8. The van der Waals surface area contributed by atoms with Gasteiger partial charge >= 0.3 is 0 Å². The van der Waals surface area contributed by atoms with Gasteiger partial charge in [0.2, 0.25) is 5.91 Å². The molecule has 0 radical (unpaired) electrons. The fourth-order valence-electron chi connectivity index (χ4n) is 1.50. The summed E-state index contributed by atoms with van der Waals surface area (Å²) >= 11 is 5.39. The number of piperidine rings is 1. The summed E-state index contributed by atoms with van der Waals surface area (Å²) in [6.45, 7) is 0.955. The van der Waals surface area contributed by atoms with E-state index in [0.29, 0.717) is 6.54 Å². The Labute approximate surface area is 76.7 Å². The number of carbonyl (C=O) groups excluding carboxylic acids is 1. The van der Waals surface area contributed by atoms with E-state index in [1.165, 1.54) is 0 Å². The largest absolute Gasteiger partial charge is 0.341 e. The van der Waals surface area contributed by atoms with Crippen molar-refractivity contribution >= 4 is 17.5 Å². The number of alkyl halides is 2. The van der Waals surface area contributed by atoms with Crippen LogP contribution in [0.1, 0.15) is 12.8 Å². The lowest BCUT2D eigenvalue weighted by Crippen LogP contribution is -2.41. The molecule has 70 valence electrons. The minimum atomic E-state index is -0.327. The first-order chi connectivity index (χ1) is 5.77. The molecule has 1 fully saturated rings. The molecule has 0 aliphatic carbocycles. The van der Waals surface area contributed by atoms with Crippen LogP contribution in [0.4, 0.5) is 4.39 Å². The van der Waals surface area contributed by atoms with Gasteiger partial charge in [0, 0.05) is 19.0 Å². The number of rotatable bonds is 2. The molecule has 2 nitrogen and oxygen atoms in total. The van der Waals surface area contributed by atoms with Gasteiger partial charge in [-0.05, 0) is 12.8 Å². The molecule has 1 rings (SSSR count). The van der Waals surface area contributed by atoms with Crippen molar-refractivity contribution in [1.29, 1.82) is 0 Å². The van der Waals surface area contributed by atoms with Crippen molar-refractivity contribution in [3.05, 3.63) is 0 Å². The van der Waals surface area contributed by atoms with Crippen LogP contribution in [0.2, 0.25) is 0 Å². The highest BCUT2D eigenvalue weighted by atomic mass is 35.5. The highest BCUT2D eigenvalue weighted by molar-refractivity contribution is 6.27. The molecule has 0 aromatic carbocycles. The minimum Gasteiger partial charge on any atom is -0.341 e. The third kappa shape index (κ3) is 2.34. The van der Waals surface area contributed by atoms with Crippen LogP contribution in [0.15, 0.2) is 0 Å². The number of halogens is 2. The average Bonchev–Trinajstić information content (AvgIpc) is 2.17. The van der Waals surface area contributed by atoms with E-state index in [-0.39, 0.29) is 24.4 Å². The highest BCUT2D eigenvalue weighted by Crippen LogP contribution is 2.16. The molecule has 1 heterocycles. The summed E-state index contributed by atoms with van der Waals surface area (Å²) in [6.07, 6.45) is 1.79. The van der Waals surface area contributed by atoms with Gasteiger partial charge in [0.05, 0.1) is 6.67 Å². The quantitative estimate of drug-likeness (QED) is 0.608. The van der Waals surface area contributed by atoms with Gasteiger partial charge in [-0.3, -0.25) is 9.18 Å². The molecule has 0 N–H and O–H groups in total. The summed E-state index contributed by atoms with van der Waals surface area (Å²) in [5.74, 6) is -0.0281. The van der Waals surface area contributed by atoms with Crippen LogP contribution in [-0.2, 0) is 4.79 Å². The summed E-state index contributed by atoms with van der Waals surface area (Å²) in [6, 6.07) is 0. The number of hydrogen-bond acceptors (Lipinski definition) is 1. The van der Waals surface area contributed by atoms with E-state index in [9.17, 15) is 9.18 Å². The number of carbonyl (C=O) groups is 1. The van der Waals surface area contributed by atoms with Crippen LogP contribution in [0.3, 0.4) is 0 Å². The summed E-state index contributed by atoms with van der Waals surface area (Å²) < 4.78 is 12.2. The number of amides is 1. The van der Waals surface area contributed by atoms with E-state index < -0.39 is 0 Å². The Morgan fingerprint density at radius 3 is 3.00 bits per heavy atom. The van der Waals surface area contributed by atoms with Crippen molar-refractivity contribution in [3.8, 4) is 0 Å². The first-order valence-corrected chi connectivity index (χ1v) is 4.71. The molecule has 1 aliphatic heterocycles. The molecule has 0 aromatic heterocycles. The fraction of sp³-hybridized carbons (Fsp3) is 0.875. The standard InChI is InChI=1S/C8H13ClFNO/c9-4-8(12)11-3-1-2-7(5-10)6-11/h7H,1-6H2/t7-/m1/s1. The van der Waals surface area contributed by atoms with Crippen LogP contribution in [0, 0.1) is 5.92 Å². The Bertz CT molecular complexity index is 165. The minimum absolute atomic E-state index is 0.0129. The van der Waals surface area contributed by atoms with Crippen LogP contribution in [-0.4, -0.2) is 36.5 Å². The van der Waals surface area contributed by atoms with Gasteiger partial charge in [0.15, 0.2) is 0 Å². The van der Waals surface area contributed by atoms with Crippen molar-refractivity contribution in [2.45, 2.75) is 12.8 Å². The molecular formula is C8H13ClFNO. The molecule has 12 heavy (non-hydrogen) atoms. The number of likely N-dealkylation sites (tertiary alicyclic amines) is 1. The summed E-state index contributed by atoms with van der Waals surface area (Å²) in [5.41, 5.74) is 0. The van der Waals surface area contributed by atoms with Crippen molar-refractivity contribution < 1.29 is 9.18 Å². The molecule has 0 saturated carbocycles. The maximum Gasteiger partial charge on any atom is 0.237 e. The first kappa shape index (κ1) is 9.78. The topological polar surface area (TPSA) is 20.3 Å². The average molecular weight is 194 g/mol. The van der Waals surface area contributed by atoms with E-state index in [2.05, 4.69) is 0 Å². The highest BCUT2D eigenvalue weighted by Gasteiger charge is 2.22. The molecule has 0 unspecified atom stereocenters. The van der Waals surface area contributed by atoms with E-state index in [1.807, 2.05) is 0 Å². The predicted molar refractivity (Wildman–Crippen MR) is 46.0 cm³/mol. The molecule has 0 aromatic rings. The molecular weight excluding hydrogens is 181 g/mol. The van der Waals surface area contributed by atoms with Crippen LogP contribution >= 0.6 is 11.6 Å². The second-order valence-electron chi connectivity index (χ2n) is 3.14.